The topological polar surface area (TPSA) is 59.3 Å². The maximum absolute atomic E-state index is 12.0. The van der Waals surface area contributed by atoms with Crippen LogP contribution in [0.15, 0.2) is 53.6 Å². The number of aromatic nitrogens is 2. The van der Waals surface area contributed by atoms with E-state index < -0.39 is 0 Å². The lowest BCUT2D eigenvalue weighted by atomic mass is 10.2. The number of aryl methyl sites for hydroxylation is 2. The minimum Gasteiger partial charge on any atom is -0.331 e. The predicted octanol–water partition coefficient (Wildman–Crippen LogP) is 2.57. The number of nitrogens with one attached hydrogen (secondary N) is 1. The average molecular weight is 306 g/mol. The third-order valence-electron chi connectivity index (χ3n) is 3.68. The normalized spacial score (nSPS) is 11.2. The smallest absolute Gasteiger partial charge is 0.247 e. The van der Waals surface area contributed by atoms with E-state index in [0.717, 1.165) is 16.6 Å². The molecule has 116 valence electrons. The number of hydrazone groups is 1. The van der Waals surface area contributed by atoms with E-state index >= 15 is 0 Å². The molecule has 23 heavy (non-hydrogen) atoms. The van der Waals surface area contributed by atoms with Crippen molar-refractivity contribution in [3.8, 4) is 0 Å². The predicted molar refractivity (Wildman–Crippen MR) is 91.3 cm³/mol. The van der Waals surface area contributed by atoms with E-state index in [2.05, 4.69) is 15.5 Å². The number of rotatable bonds is 4. The molecular formula is C18H18N4O. The van der Waals surface area contributed by atoms with Crippen LogP contribution in [0.2, 0.25) is 0 Å². The van der Waals surface area contributed by atoms with Crippen LogP contribution in [0, 0.1) is 6.92 Å². The quantitative estimate of drug-likeness (QED) is 0.595. The number of imidazole rings is 1. The molecule has 3 aromatic rings. The summed E-state index contributed by atoms with van der Waals surface area (Å²) >= 11 is 0. The highest BCUT2D eigenvalue weighted by Crippen LogP contribution is 2.14. The van der Waals surface area contributed by atoms with Crippen LogP contribution in [0.1, 0.15) is 17.0 Å². The summed E-state index contributed by atoms with van der Waals surface area (Å²) in [5, 5.41) is 3.99. The number of para-hydroxylation sites is 2. The molecule has 0 spiro atoms. The Bertz CT molecular complexity index is 862. The average Bonchev–Trinajstić information content (AvgIpc) is 2.86. The van der Waals surface area contributed by atoms with Gasteiger partial charge in [-0.3, -0.25) is 4.79 Å². The maximum Gasteiger partial charge on any atom is 0.247 e. The van der Waals surface area contributed by atoms with Gasteiger partial charge in [-0.2, -0.15) is 5.10 Å². The summed E-state index contributed by atoms with van der Waals surface area (Å²) in [7, 11) is 1.91. The van der Waals surface area contributed by atoms with Crippen LogP contribution in [-0.2, 0) is 18.3 Å². The van der Waals surface area contributed by atoms with Gasteiger partial charge in [-0.15, -0.1) is 0 Å². The van der Waals surface area contributed by atoms with Gasteiger partial charge >= 0.3 is 0 Å². The van der Waals surface area contributed by atoms with Crippen LogP contribution in [0.4, 0.5) is 0 Å². The Hall–Kier alpha value is -2.95. The molecule has 0 saturated heterocycles. The Kier molecular flexibility index (Phi) is 4.19. The van der Waals surface area contributed by atoms with E-state index in [1.807, 2.05) is 67.1 Å². The van der Waals surface area contributed by atoms with E-state index in [4.69, 9.17) is 0 Å². The van der Waals surface area contributed by atoms with Gasteiger partial charge in [0, 0.05) is 7.05 Å². The fourth-order valence-corrected chi connectivity index (χ4v) is 2.37. The van der Waals surface area contributed by atoms with Crippen LogP contribution in [0.25, 0.3) is 11.0 Å². The van der Waals surface area contributed by atoms with Gasteiger partial charge in [0.05, 0.1) is 23.7 Å². The van der Waals surface area contributed by atoms with E-state index in [0.29, 0.717) is 5.82 Å². The van der Waals surface area contributed by atoms with E-state index in [-0.39, 0.29) is 12.3 Å². The van der Waals surface area contributed by atoms with Crippen molar-refractivity contribution >= 4 is 23.2 Å². The number of nitrogens with zero attached hydrogens (tertiary/aromatic N) is 3. The largest absolute Gasteiger partial charge is 0.331 e. The molecule has 0 saturated carbocycles. The third-order valence-corrected chi connectivity index (χ3v) is 3.68. The molecule has 5 heteroatoms. The zero-order chi connectivity index (χ0) is 16.2. The summed E-state index contributed by atoms with van der Waals surface area (Å²) in [4.78, 5) is 16.5. The Labute approximate surface area is 134 Å². The van der Waals surface area contributed by atoms with Crippen molar-refractivity contribution in [3.63, 3.8) is 0 Å². The van der Waals surface area contributed by atoms with Crippen LogP contribution < -0.4 is 5.43 Å². The summed E-state index contributed by atoms with van der Waals surface area (Å²) in [6.45, 7) is 2.03. The van der Waals surface area contributed by atoms with E-state index in [1.54, 1.807) is 6.21 Å². The summed E-state index contributed by atoms with van der Waals surface area (Å²) in [6.07, 6.45) is 1.82. The Balaban J connectivity index is 1.64. The minimum atomic E-state index is -0.188. The second-order valence-corrected chi connectivity index (χ2v) is 5.46. The van der Waals surface area contributed by atoms with E-state index in [1.165, 1.54) is 5.56 Å². The van der Waals surface area contributed by atoms with Crippen molar-refractivity contribution in [1.29, 1.82) is 0 Å². The molecule has 0 aliphatic heterocycles. The molecule has 2 aromatic carbocycles. The zero-order valence-electron chi connectivity index (χ0n) is 13.2. The molecule has 0 unspecified atom stereocenters. The highest BCUT2D eigenvalue weighted by atomic mass is 16.2. The number of carbonyl (C=O) groups excluding carboxylic acids is 1. The first-order chi connectivity index (χ1) is 11.1. The van der Waals surface area contributed by atoms with Crippen molar-refractivity contribution in [1.82, 2.24) is 15.0 Å². The van der Waals surface area contributed by atoms with Crippen molar-refractivity contribution in [2.45, 2.75) is 13.3 Å². The second kappa shape index (κ2) is 6.44. The molecule has 1 heterocycles. The summed E-state index contributed by atoms with van der Waals surface area (Å²) in [5.74, 6) is 0.529. The lowest BCUT2D eigenvalue weighted by molar-refractivity contribution is -0.120. The van der Waals surface area contributed by atoms with Gasteiger partial charge in [-0.1, -0.05) is 42.0 Å². The van der Waals surface area contributed by atoms with Crippen LogP contribution >= 0.6 is 0 Å². The van der Waals surface area contributed by atoms with Gasteiger partial charge in [0.25, 0.3) is 0 Å². The minimum absolute atomic E-state index is 0.188. The summed E-state index contributed by atoms with van der Waals surface area (Å²) < 4.78 is 1.93. The standard InChI is InChI=1S/C18H18N4O/c1-13-7-9-14(10-8-13)12-19-21-18(23)11-17-20-15-5-3-4-6-16(15)22(17)2/h3-10,12H,11H2,1-2H3,(H,21,23)/b19-12+. The Morgan fingerprint density at radius 3 is 2.70 bits per heavy atom. The van der Waals surface area contributed by atoms with Crippen molar-refractivity contribution < 1.29 is 4.79 Å². The molecule has 1 amide bonds. The van der Waals surface area contributed by atoms with Gasteiger partial charge in [0.15, 0.2) is 0 Å². The zero-order valence-corrected chi connectivity index (χ0v) is 13.2. The molecule has 0 bridgehead atoms. The summed E-state index contributed by atoms with van der Waals surface area (Å²) in [6, 6.07) is 15.7. The molecular weight excluding hydrogens is 288 g/mol. The Morgan fingerprint density at radius 1 is 1.22 bits per heavy atom. The number of carbonyl (C=O) groups is 1. The fraction of sp³-hybridized carbons (Fsp3) is 0.167. The number of fused-ring (bicyclic) bond motifs is 1. The van der Waals surface area contributed by atoms with Crippen LogP contribution in [0.3, 0.4) is 0 Å². The number of hydrogen-bond donors (Lipinski definition) is 1. The molecule has 0 aliphatic rings. The molecule has 1 aromatic heterocycles. The molecule has 0 fully saturated rings. The molecule has 3 rings (SSSR count). The number of benzene rings is 2. The van der Waals surface area contributed by atoms with E-state index in [9.17, 15) is 4.79 Å². The van der Waals surface area contributed by atoms with Gasteiger partial charge in [-0.05, 0) is 24.6 Å². The fourth-order valence-electron chi connectivity index (χ4n) is 2.37. The van der Waals surface area contributed by atoms with Crippen molar-refractivity contribution in [3.05, 3.63) is 65.5 Å². The first kappa shape index (κ1) is 15.0. The highest BCUT2D eigenvalue weighted by molar-refractivity contribution is 5.84. The molecule has 1 N–H and O–H groups in total. The molecule has 0 radical (unpaired) electrons. The van der Waals surface area contributed by atoms with Crippen LogP contribution in [-0.4, -0.2) is 21.7 Å². The lowest BCUT2D eigenvalue weighted by Crippen LogP contribution is -2.21. The SMILES string of the molecule is Cc1ccc(/C=N/NC(=O)Cc2nc3ccccc3n2C)cc1. The lowest BCUT2D eigenvalue weighted by Gasteiger charge is -2.01. The van der Waals surface area contributed by atoms with Gasteiger partial charge in [0.1, 0.15) is 5.82 Å². The van der Waals surface area contributed by atoms with Gasteiger partial charge in [-0.25, -0.2) is 10.4 Å². The maximum atomic E-state index is 12.0. The molecule has 0 aliphatic carbocycles. The first-order valence-corrected chi connectivity index (χ1v) is 7.42. The monoisotopic (exact) mass is 306 g/mol. The highest BCUT2D eigenvalue weighted by Gasteiger charge is 2.10. The Morgan fingerprint density at radius 2 is 1.96 bits per heavy atom. The molecule has 5 nitrogen and oxygen atoms in total. The van der Waals surface area contributed by atoms with Gasteiger partial charge < -0.3 is 4.57 Å². The number of hydrogen-bond acceptors (Lipinski definition) is 3. The third kappa shape index (κ3) is 3.45. The van der Waals surface area contributed by atoms with Crippen molar-refractivity contribution in [2.75, 3.05) is 0 Å². The van der Waals surface area contributed by atoms with Gasteiger partial charge in [0.2, 0.25) is 5.91 Å². The molecule has 0 atom stereocenters. The van der Waals surface area contributed by atoms with Crippen molar-refractivity contribution in [2.24, 2.45) is 12.1 Å². The summed E-state index contributed by atoms with van der Waals surface area (Å²) in [5.41, 5.74) is 6.58. The first-order valence-electron chi connectivity index (χ1n) is 7.42. The number of amides is 1. The second-order valence-electron chi connectivity index (χ2n) is 5.46. The van der Waals surface area contributed by atoms with Crippen LogP contribution in [0.5, 0.6) is 0 Å².